The first-order chi connectivity index (χ1) is 8.65. The molecule has 1 aromatic heterocycles. The maximum atomic E-state index is 11.8. The van der Waals surface area contributed by atoms with Crippen molar-refractivity contribution < 1.29 is 9.90 Å². The number of anilines is 1. The number of aliphatic hydroxyl groups excluding tert-OH is 1. The molecule has 2 rings (SSSR count). The summed E-state index contributed by atoms with van der Waals surface area (Å²) in [5, 5.41) is 20.3. The van der Waals surface area contributed by atoms with Crippen LogP contribution < -0.4 is 5.32 Å². The summed E-state index contributed by atoms with van der Waals surface area (Å²) in [6, 6.07) is 0. The number of rotatable bonds is 4. The third-order valence-corrected chi connectivity index (χ3v) is 3.80. The van der Waals surface area contributed by atoms with Gasteiger partial charge in [-0.15, -0.1) is 10.2 Å². The van der Waals surface area contributed by atoms with Crippen LogP contribution in [0.5, 0.6) is 0 Å². The molecule has 1 fully saturated rings. The highest BCUT2D eigenvalue weighted by Crippen LogP contribution is 2.19. The maximum Gasteiger partial charge on any atom is 0.240 e. The Morgan fingerprint density at radius 1 is 1.78 bits per heavy atom. The van der Waals surface area contributed by atoms with Gasteiger partial charge < -0.3 is 5.11 Å². The number of hydrogen-bond donors (Lipinski definition) is 2. The van der Waals surface area contributed by atoms with E-state index in [9.17, 15) is 9.90 Å². The van der Waals surface area contributed by atoms with Crippen molar-refractivity contribution in [2.45, 2.75) is 25.9 Å². The van der Waals surface area contributed by atoms with Gasteiger partial charge in [0.1, 0.15) is 5.51 Å². The predicted molar refractivity (Wildman–Crippen MR) is 69.4 cm³/mol. The molecule has 1 amide bonds. The van der Waals surface area contributed by atoms with E-state index in [1.807, 2.05) is 6.92 Å². The second kappa shape index (κ2) is 6.21. The van der Waals surface area contributed by atoms with Gasteiger partial charge in [0.15, 0.2) is 0 Å². The Kier molecular flexibility index (Phi) is 4.62. The Labute approximate surface area is 110 Å². The molecule has 2 atom stereocenters. The summed E-state index contributed by atoms with van der Waals surface area (Å²) in [6.07, 6.45) is 1.76. The normalized spacial score (nSPS) is 22.7. The zero-order chi connectivity index (χ0) is 13.0. The zero-order valence-electron chi connectivity index (χ0n) is 10.4. The number of likely N-dealkylation sites (tertiary alicyclic amines) is 1. The van der Waals surface area contributed by atoms with Crippen molar-refractivity contribution >= 4 is 22.4 Å². The molecule has 0 aliphatic carbocycles. The Hall–Kier alpha value is -1.05. The fourth-order valence-corrected chi connectivity index (χ4v) is 2.68. The van der Waals surface area contributed by atoms with Crippen LogP contribution in [0.2, 0.25) is 0 Å². The lowest BCUT2D eigenvalue weighted by Gasteiger charge is -2.33. The maximum absolute atomic E-state index is 11.8. The lowest BCUT2D eigenvalue weighted by Crippen LogP contribution is -2.43. The van der Waals surface area contributed by atoms with Gasteiger partial charge in [-0.25, -0.2) is 0 Å². The summed E-state index contributed by atoms with van der Waals surface area (Å²) < 4.78 is 0. The van der Waals surface area contributed by atoms with Gasteiger partial charge in [0, 0.05) is 6.54 Å². The minimum Gasteiger partial charge on any atom is -0.393 e. The van der Waals surface area contributed by atoms with Crippen LogP contribution in [0, 0.1) is 5.92 Å². The molecule has 1 aliphatic rings. The van der Waals surface area contributed by atoms with E-state index >= 15 is 0 Å². The van der Waals surface area contributed by atoms with E-state index in [2.05, 4.69) is 20.4 Å². The Balaban J connectivity index is 1.80. The van der Waals surface area contributed by atoms with Gasteiger partial charge >= 0.3 is 0 Å². The summed E-state index contributed by atoms with van der Waals surface area (Å²) in [4.78, 5) is 13.9. The number of carbonyl (C=O) groups excluding carboxylic acids is 1. The van der Waals surface area contributed by atoms with Gasteiger partial charge in [-0.05, 0) is 32.2 Å². The minimum atomic E-state index is -0.306. The first-order valence-corrected chi connectivity index (χ1v) is 6.99. The molecule has 2 N–H and O–H groups in total. The summed E-state index contributed by atoms with van der Waals surface area (Å²) in [6.45, 7) is 3.85. The fourth-order valence-electron chi connectivity index (χ4n) is 2.22. The average Bonchev–Trinajstić information content (AvgIpc) is 2.82. The molecule has 1 aliphatic heterocycles. The van der Waals surface area contributed by atoms with Crippen LogP contribution in [0.4, 0.5) is 5.13 Å². The predicted octanol–water partition coefficient (Wildman–Crippen LogP) is 0.569. The summed E-state index contributed by atoms with van der Waals surface area (Å²) in [5.41, 5.74) is 1.58. The highest BCUT2D eigenvalue weighted by Gasteiger charge is 2.24. The van der Waals surface area contributed by atoms with Gasteiger partial charge in [-0.2, -0.15) is 0 Å². The van der Waals surface area contributed by atoms with E-state index < -0.39 is 0 Å². The first-order valence-electron chi connectivity index (χ1n) is 6.11. The lowest BCUT2D eigenvalue weighted by molar-refractivity contribution is -0.118. The molecule has 6 nitrogen and oxygen atoms in total. The largest absolute Gasteiger partial charge is 0.393 e. The third kappa shape index (κ3) is 3.72. The van der Waals surface area contributed by atoms with E-state index in [0.717, 1.165) is 25.9 Å². The molecule has 0 aromatic carbocycles. The highest BCUT2D eigenvalue weighted by molar-refractivity contribution is 7.13. The Bertz CT molecular complexity index is 382. The number of hydrogen-bond acceptors (Lipinski definition) is 6. The monoisotopic (exact) mass is 270 g/mol. The van der Waals surface area contributed by atoms with Crippen molar-refractivity contribution in [3.63, 3.8) is 0 Å². The van der Waals surface area contributed by atoms with E-state index in [0.29, 0.717) is 11.7 Å². The van der Waals surface area contributed by atoms with Crippen LogP contribution >= 0.6 is 11.3 Å². The molecule has 0 radical (unpaired) electrons. The molecule has 100 valence electrons. The molecule has 0 spiro atoms. The fraction of sp³-hybridized carbons (Fsp3) is 0.727. The van der Waals surface area contributed by atoms with Crippen molar-refractivity contribution in [1.29, 1.82) is 0 Å². The van der Waals surface area contributed by atoms with Crippen LogP contribution in [-0.2, 0) is 4.79 Å². The lowest BCUT2D eigenvalue weighted by atomic mass is 9.93. The van der Waals surface area contributed by atoms with Gasteiger partial charge in [-0.3, -0.25) is 15.0 Å². The van der Waals surface area contributed by atoms with Gasteiger partial charge in [-0.1, -0.05) is 11.3 Å². The van der Waals surface area contributed by atoms with E-state index in [1.165, 1.54) is 11.3 Å². The SMILES string of the molecule is CC(O)C1CCCN(CC(=O)Nc2nncs2)C1. The second-order valence-electron chi connectivity index (χ2n) is 4.67. The zero-order valence-corrected chi connectivity index (χ0v) is 11.2. The molecular formula is C11H18N4O2S. The third-order valence-electron chi connectivity index (χ3n) is 3.20. The highest BCUT2D eigenvalue weighted by atomic mass is 32.1. The number of nitrogens with one attached hydrogen (secondary N) is 1. The quantitative estimate of drug-likeness (QED) is 0.836. The Morgan fingerprint density at radius 2 is 2.61 bits per heavy atom. The van der Waals surface area contributed by atoms with E-state index in [1.54, 1.807) is 5.51 Å². The molecule has 7 heteroatoms. The van der Waals surface area contributed by atoms with Gasteiger partial charge in [0.05, 0.1) is 12.6 Å². The molecule has 2 unspecified atom stereocenters. The second-order valence-corrected chi connectivity index (χ2v) is 5.50. The molecule has 18 heavy (non-hydrogen) atoms. The average molecular weight is 270 g/mol. The first kappa shape index (κ1) is 13.4. The molecule has 2 heterocycles. The van der Waals surface area contributed by atoms with Crippen LogP contribution in [-0.4, -0.2) is 51.8 Å². The van der Waals surface area contributed by atoms with Crippen molar-refractivity contribution in [3.05, 3.63) is 5.51 Å². The molecule has 0 saturated carbocycles. The molecule has 1 saturated heterocycles. The number of piperidine rings is 1. The summed E-state index contributed by atoms with van der Waals surface area (Å²) >= 11 is 1.31. The topological polar surface area (TPSA) is 78.4 Å². The van der Waals surface area contributed by atoms with E-state index in [-0.39, 0.29) is 17.9 Å². The summed E-state index contributed by atoms with van der Waals surface area (Å²) in [7, 11) is 0. The van der Waals surface area contributed by atoms with Crippen molar-refractivity contribution in [3.8, 4) is 0 Å². The number of aromatic nitrogens is 2. The van der Waals surface area contributed by atoms with Crippen molar-refractivity contribution in [2.24, 2.45) is 5.92 Å². The van der Waals surface area contributed by atoms with Gasteiger partial charge in [0.25, 0.3) is 0 Å². The molecule has 0 bridgehead atoms. The number of aliphatic hydroxyl groups is 1. The standard InChI is InChI=1S/C11H18N4O2S/c1-8(16)9-3-2-4-15(5-9)6-10(17)13-11-14-12-7-18-11/h7-9,16H,2-6H2,1H3,(H,13,14,17). The molecule has 1 aromatic rings. The van der Waals surface area contributed by atoms with Crippen molar-refractivity contribution in [1.82, 2.24) is 15.1 Å². The number of nitrogens with zero attached hydrogens (tertiary/aromatic N) is 3. The number of amides is 1. The minimum absolute atomic E-state index is 0.0713. The van der Waals surface area contributed by atoms with E-state index in [4.69, 9.17) is 0 Å². The smallest absolute Gasteiger partial charge is 0.240 e. The van der Waals surface area contributed by atoms with Crippen LogP contribution in [0.15, 0.2) is 5.51 Å². The molecular weight excluding hydrogens is 252 g/mol. The number of carbonyl (C=O) groups is 1. The van der Waals surface area contributed by atoms with Crippen molar-refractivity contribution in [2.75, 3.05) is 25.0 Å². The van der Waals surface area contributed by atoms with Crippen LogP contribution in [0.3, 0.4) is 0 Å². The summed E-state index contributed by atoms with van der Waals surface area (Å²) in [5.74, 6) is 0.200. The van der Waals surface area contributed by atoms with Gasteiger partial charge in [0.2, 0.25) is 11.0 Å². The van der Waals surface area contributed by atoms with Crippen LogP contribution in [0.25, 0.3) is 0 Å². The van der Waals surface area contributed by atoms with Crippen LogP contribution in [0.1, 0.15) is 19.8 Å². The Morgan fingerprint density at radius 3 is 3.28 bits per heavy atom.